The van der Waals surface area contributed by atoms with Crippen LogP contribution in [0.2, 0.25) is 0 Å². The summed E-state index contributed by atoms with van der Waals surface area (Å²) in [4.78, 5) is 0. The van der Waals surface area contributed by atoms with Gasteiger partial charge in [0.2, 0.25) is 0 Å². The van der Waals surface area contributed by atoms with Gasteiger partial charge in [0.05, 0.1) is 25.3 Å². The molecule has 2 aliphatic heterocycles. The lowest BCUT2D eigenvalue weighted by Crippen LogP contribution is -1.64. The first kappa shape index (κ1) is 23.6. The van der Waals surface area contributed by atoms with Crippen LogP contribution in [-0.2, 0) is 0 Å². The average molecular weight is 733 g/mol. The lowest BCUT2D eigenvalue weighted by atomic mass is 11.1. The van der Waals surface area contributed by atoms with Crippen molar-refractivity contribution in [2.24, 2.45) is 0 Å². The standard InChI is InChI=1S/C18H4S16/c1-2-20-6-5(19-1)23-9-10(24-6)28-14-13(27-9)31-17(32-14)18-33-15-16(34-18)30-12-11(29-15)25-7-8(26-12)22-4-3-21-7/h1-4H. The summed E-state index contributed by atoms with van der Waals surface area (Å²) in [5.41, 5.74) is 0. The second-order valence-electron chi connectivity index (χ2n) is 6.26. The summed E-state index contributed by atoms with van der Waals surface area (Å²) in [6.07, 6.45) is 0. The van der Waals surface area contributed by atoms with E-state index in [0.29, 0.717) is 0 Å². The molecule has 6 aromatic heterocycles. The van der Waals surface area contributed by atoms with Gasteiger partial charge in [-0.15, -0.1) is 136 Å². The zero-order chi connectivity index (χ0) is 22.2. The highest BCUT2D eigenvalue weighted by Crippen LogP contribution is 2.66. The highest BCUT2D eigenvalue weighted by atomic mass is 32.3. The topological polar surface area (TPSA) is 0 Å². The summed E-state index contributed by atoms with van der Waals surface area (Å²) < 4.78 is 20.5. The molecule has 172 valence electrons. The van der Waals surface area contributed by atoms with Gasteiger partial charge in [0.1, 0.15) is 32.1 Å². The maximum Gasteiger partial charge on any atom is 0.109 e. The Morgan fingerprint density at radius 3 is 0.824 bits per heavy atom. The molecule has 0 atom stereocenters. The van der Waals surface area contributed by atoms with E-state index in [9.17, 15) is 0 Å². The van der Waals surface area contributed by atoms with Crippen molar-refractivity contribution in [3.63, 3.8) is 0 Å². The summed E-state index contributed by atoms with van der Waals surface area (Å²) in [5.74, 6) is 0. The molecule has 0 radical (unpaired) electrons. The fraction of sp³-hybridized carbons (Fsp3) is 0. The van der Waals surface area contributed by atoms with Gasteiger partial charge in [0.15, 0.2) is 0 Å². The van der Waals surface area contributed by atoms with Crippen molar-refractivity contribution in [1.29, 1.82) is 0 Å². The van der Waals surface area contributed by atoms with Crippen molar-refractivity contribution in [2.75, 3.05) is 0 Å². The molecular formula is C18H4S16. The molecule has 0 unspecified atom stereocenters. The largest absolute Gasteiger partial charge is 0.130 e. The Bertz CT molecular complexity index is 1610. The molecule has 0 amide bonds. The summed E-state index contributed by atoms with van der Waals surface area (Å²) in [6, 6.07) is 0. The highest BCUT2D eigenvalue weighted by molar-refractivity contribution is 8.32. The fourth-order valence-electron chi connectivity index (χ4n) is 2.87. The van der Waals surface area contributed by atoms with Crippen molar-refractivity contribution in [1.82, 2.24) is 0 Å². The molecule has 2 aliphatic rings. The van der Waals surface area contributed by atoms with Crippen LogP contribution >= 0.6 is 183 Å². The van der Waals surface area contributed by atoms with E-state index in [4.69, 9.17) is 0 Å². The normalized spacial score (nSPS) is 15.1. The molecule has 16 heteroatoms. The lowest BCUT2D eigenvalue weighted by Gasteiger charge is -2.00. The van der Waals surface area contributed by atoms with E-state index < -0.39 is 0 Å². The first-order valence-electron chi connectivity index (χ1n) is 9.07. The van der Waals surface area contributed by atoms with E-state index in [-0.39, 0.29) is 0 Å². The maximum absolute atomic E-state index is 2.21. The minimum absolute atomic E-state index is 1.45. The molecule has 0 fully saturated rings. The summed E-state index contributed by atoms with van der Waals surface area (Å²) in [5, 5.41) is 8.83. The van der Waals surface area contributed by atoms with Crippen molar-refractivity contribution < 1.29 is 0 Å². The maximum atomic E-state index is 2.21. The Labute approximate surface area is 258 Å². The molecule has 0 saturated carbocycles. The van der Waals surface area contributed by atoms with E-state index >= 15 is 0 Å². The molecule has 6 aromatic rings. The van der Waals surface area contributed by atoms with Gasteiger partial charge in [0.25, 0.3) is 0 Å². The van der Waals surface area contributed by atoms with E-state index in [1.807, 2.05) is 183 Å². The number of hydrogen-bond acceptors (Lipinski definition) is 16. The number of fused-ring (bicyclic) bond motifs is 6. The minimum atomic E-state index is 1.45. The monoisotopic (exact) mass is 732 g/mol. The first-order valence-corrected chi connectivity index (χ1v) is 22.4. The van der Waals surface area contributed by atoms with Crippen LogP contribution in [0.4, 0.5) is 0 Å². The number of hydrogen-bond donors (Lipinski definition) is 0. The molecule has 8 heterocycles. The van der Waals surface area contributed by atoms with Crippen LogP contribution in [0, 0.1) is 0 Å². The molecular weight excluding hydrogens is 729 g/mol. The molecule has 0 saturated heterocycles. The zero-order valence-corrected chi connectivity index (χ0v) is 28.9. The fourth-order valence-corrected chi connectivity index (χ4v) is 26.8. The van der Waals surface area contributed by atoms with Crippen molar-refractivity contribution in [3.8, 4) is 0 Å². The second kappa shape index (κ2) is 9.71. The van der Waals surface area contributed by atoms with E-state index in [1.165, 1.54) is 57.4 Å². The quantitative estimate of drug-likeness (QED) is 0.143. The third kappa shape index (κ3) is 4.29. The summed E-state index contributed by atoms with van der Waals surface area (Å²) in [6.45, 7) is 0. The molecule has 0 nitrogen and oxygen atoms in total. The van der Waals surface area contributed by atoms with Crippen LogP contribution < -0.4 is 0 Å². The summed E-state index contributed by atoms with van der Waals surface area (Å²) >= 11 is 31.3. The van der Waals surface area contributed by atoms with Crippen molar-refractivity contribution in [3.05, 3.63) is 30.0 Å². The third-order valence-corrected chi connectivity index (χ3v) is 27.4. The average Bonchev–Trinajstić information content (AvgIpc) is 3.46. The van der Waals surface area contributed by atoms with Gasteiger partial charge in [-0.2, -0.15) is 0 Å². The van der Waals surface area contributed by atoms with Gasteiger partial charge in [-0.3, -0.25) is 0 Å². The molecule has 0 aromatic carbocycles. The number of rotatable bonds is 0. The van der Waals surface area contributed by atoms with Gasteiger partial charge in [-0.25, -0.2) is 0 Å². The molecule has 0 bridgehead atoms. The third-order valence-electron chi connectivity index (χ3n) is 4.20. The van der Waals surface area contributed by atoms with Gasteiger partial charge >= 0.3 is 0 Å². The first-order chi connectivity index (χ1) is 16.8. The Kier molecular flexibility index (Phi) is 6.73. The van der Waals surface area contributed by atoms with E-state index in [0.717, 1.165) is 0 Å². The highest BCUT2D eigenvalue weighted by Gasteiger charge is 2.30. The minimum Gasteiger partial charge on any atom is -0.130 e. The van der Waals surface area contributed by atoms with Crippen LogP contribution in [0.1, 0.15) is 0 Å². The van der Waals surface area contributed by atoms with Gasteiger partial charge < -0.3 is 0 Å². The Balaban J connectivity index is 1.18. The van der Waals surface area contributed by atoms with Crippen LogP contribution in [0.3, 0.4) is 0 Å². The predicted molar refractivity (Wildman–Crippen MR) is 181 cm³/mol. The molecule has 0 aliphatic carbocycles. The predicted octanol–water partition coefficient (Wildman–Crippen LogP) is 14.6. The van der Waals surface area contributed by atoms with Crippen LogP contribution in [0.15, 0.2) is 46.8 Å². The summed E-state index contributed by atoms with van der Waals surface area (Å²) in [7, 11) is 0. The smallest absolute Gasteiger partial charge is 0.109 e. The molecule has 34 heavy (non-hydrogen) atoms. The van der Waals surface area contributed by atoms with Crippen LogP contribution in [0.5, 0.6) is 0 Å². The van der Waals surface area contributed by atoms with Gasteiger partial charge in [-0.05, 0) is 0 Å². The SMILES string of the molecule is c1csc2sc3sc4c(sc3sc2s1)SC(=C1Sc2sc3sc5sccsc5sc3sc2S1)S4. The van der Waals surface area contributed by atoms with E-state index in [2.05, 4.69) is 21.5 Å². The van der Waals surface area contributed by atoms with Crippen molar-refractivity contribution >= 4 is 215 Å². The molecule has 0 N–H and O–H groups in total. The Morgan fingerprint density at radius 1 is 0.294 bits per heavy atom. The molecule has 8 rings (SSSR count). The van der Waals surface area contributed by atoms with E-state index in [1.54, 1.807) is 0 Å². The second-order valence-corrected chi connectivity index (χ2v) is 25.8. The van der Waals surface area contributed by atoms with Crippen molar-refractivity contribution in [2.45, 2.75) is 16.8 Å². The van der Waals surface area contributed by atoms with Crippen LogP contribution in [-0.4, -0.2) is 0 Å². The Hall–Kier alpha value is 1.70. The van der Waals surface area contributed by atoms with Gasteiger partial charge in [0, 0.05) is 21.5 Å². The zero-order valence-electron chi connectivity index (χ0n) is 15.8. The molecule has 0 spiro atoms. The van der Waals surface area contributed by atoms with Gasteiger partial charge in [-0.1, -0.05) is 47.0 Å². The van der Waals surface area contributed by atoms with Crippen LogP contribution in [0.25, 0.3) is 32.1 Å². The Morgan fingerprint density at radius 2 is 0.559 bits per heavy atom. The lowest BCUT2D eigenvalue weighted by molar-refractivity contribution is 1.55. The number of thioether (sulfide) groups is 4.